The quantitative estimate of drug-likeness (QED) is 0.130. The van der Waals surface area contributed by atoms with Crippen LogP contribution in [0.2, 0.25) is 0 Å². The number of hydrogen-bond acceptors (Lipinski definition) is 4. The molecule has 1 aliphatic rings. The number of rotatable bonds is 2. The van der Waals surface area contributed by atoms with Crippen LogP contribution in [0.1, 0.15) is 46.5 Å². The van der Waals surface area contributed by atoms with E-state index in [1.807, 2.05) is 30.3 Å². The molecule has 1 heterocycles. The van der Waals surface area contributed by atoms with Crippen molar-refractivity contribution in [3.05, 3.63) is 100 Å². The van der Waals surface area contributed by atoms with Gasteiger partial charge in [-0.2, -0.15) is 0 Å². The number of allylic oxidation sites excluding steroid dienone is 2. The Morgan fingerprint density at radius 2 is 1.63 bits per heavy atom. The molecule has 0 aliphatic heterocycles. The number of aromatic nitrogens is 1. The van der Waals surface area contributed by atoms with Crippen LogP contribution in [0.3, 0.4) is 0 Å². The average molecular weight is 641 g/mol. The zero-order valence-corrected chi connectivity index (χ0v) is 22.7. The van der Waals surface area contributed by atoms with Crippen molar-refractivity contribution in [2.45, 2.75) is 34.6 Å². The molecule has 4 aromatic rings. The molecule has 0 amide bonds. The number of carbonyl (C=O) groups is 2. The number of carbonyl (C=O) groups excluding carboxylic acids is 2. The van der Waals surface area contributed by atoms with Gasteiger partial charge in [0.05, 0.1) is 11.3 Å². The van der Waals surface area contributed by atoms with Crippen molar-refractivity contribution in [3.63, 3.8) is 0 Å². The van der Waals surface area contributed by atoms with Gasteiger partial charge in [0.1, 0.15) is 0 Å². The molecule has 0 saturated heterocycles. The molecule has 0 bridgehead atoms. The van der Waals surface area contributed by atoms with E-state index < -0.39 is 0 Å². The number of aryl methyl sites for hydroxylation is 3. The third kappa shape index (κ3) is 5.48. The maximum absolute atomic E-state index is 13.0. The van der Waals surface area contributed by atoms with Crippen molar-refractivity contribution in [3.8, 4) is 22.4 Å². The molecule has 35 heavy (non-hydrogen) atoms. The van der Waals surface area contributed by atoms with E-state index in [9.17, 15) is 9.59 Å². The van der Waals surface area contributed by atoms with Gasteiger partial charge in [0.2, 0.25) is 0 Å². The Labute approximate surface area is 219 Å². The van der Waals surface area contributed by atoms with Gasteiger partial charge in [-0.3, -0.25) is 14.6 Å². The summed E-state index contributed by atoms with van der Waals surface area (Å²) in [7, 11) is 0. The van der Waals surface area contributed by atoms with Crippen molar-refractivity contribution in [1.29, 1.82) is 0 Å². The SMILES string of the molecule is CC(=O)/C=C(/C)O.Cc1[c-]c(-c2cc3c4c(cccc4n2)C(=O)c2ccc(C)cc2-3)cc(C)c1.[Ir]. The monoisotopic (exact) mass is 641 g/mol. The molecule has 1 radical (unpaired) electrons. The minimum atomic E-state index is -0.125. The van der Waals surface area contributed by atoms with Gasteiger partial charge >= 0.3 is 0 Å². The molecule has 179 valence electrons. The van der Waals surface area contributed by atoms with E-state index in [0.29, 0.717) is 0 Å². The molecule has 4 nitrogen and oxygen atoms in total. The summed E-state index contributed by atoms with van der Waals surface area (Å²) in [6, 6.07) is 21.6. The van der Waals surface area contributed by atoms with E-state index in [1.165, 1.54) is 25.5 Å². The number of aliphatic hydroxyl groups excluding tert-OH is 1. The Morgan fingerprint density at radius 3 is 2.26 bits per heavy atom. The molecule has 5 rings (SSSR count). The first-order valence-electron chi connectivity index (χ1n) is 11.1. The second kappa shape index (κ2) is 10.5. The zero-order chi connectivity index (χ0) is 24.6. The Morgan fingerprint density at radius 1 is 0.886 bits per heavy atom. The third-order valence-electron chi connectivity index (χ3n) is 5.62. The Hall–Kier alpha value is -3.40. The standard InChI is InChI=1S/C25H18NO.C5H8O2.Ir/c1-14-7-8-18-20(12-14)21-13-23(17-10-15(2)9-16(3)11-17)26-22-6-4-5-19(24(21)22)25(18)27;1-4(6)3-5(2)7;/h4-10,12-13H,1-3H3;3,6H,1-2H3;/q-1;;/b;4-3-;. The normalized spacial score (nSPS) is 11.8. The van der Waals surface area contributed by atoms with E-state index in [0.717, 1.165) is 55.5 Å². The first-order valence-corrected chi connectivity index (χ1v) is 11.1. The minimum Gasteiger partial charge on any atom is -0.512 e. The molecule has 5 heteroatoms. The van der Waals surface area contributed by atoms with Crippen molar-refractivity contribution < 1.29 is 34.8 Å². The summed E-state index contributed by atoms with van der Waals surface area (Å²) >= 11 is 0. The van der Waals surface area contributed by atoms with Gasteiger partial charge in [-0.1, -0.05) is 55.8 Å². The summed E-state index contributed by atoms with van der Waals surface area (Å²) in [4.78, 5) is 27.9. The number of ketones is 2. The van der Waals surface area contributed by atoms with Gasteiger partial charge in [-0.15, -0.1) is 34.9 Å². The van der Waals surface area contributed by atoms with Crippen LogP contribution in [-0.2, 0) is 24.9 Å². The van der Waals surface area contributed by atoms with Crippen LogP contribution < -0.4 is 0 Å². The van der Waals surface area contributed by atoms with Crippen LogP contribution in [0.15, 0.2) is 66.4 Å². The number of pyridine rings is 1. The summed E-state index contributed by atoms with van der Waals surface area (Å²) in [5, 5.41) is 9.32. The predicted octanol–water partition coefficient (Wildman–Crippen LogP) is 6.87. The summed E-state index contributed by atoms with van der Waals surface area (Å²) < 4.78 is 0. The van der Waals surface area contributed by atoms with Crippen molar-refractivity contribution >= 4 is 22.5 Å². The summed E-state index contributed by atoms with van der Waals surface area (Å²) in [6.07, 6.45) is 1.17. The van der Waals surface area contributed by atoms with Crippen molar-refractivity contribution in [2.24, 2.45) is 0 Å². The van der Waals surface area contributed by atoms with Gasteiger partial charge in [-0.25, -0.2) is 0 Å². The van der Waals surface area contributed by atoms with Gasteiger partial charge < -0.3 is 5.11 Å². The van der Waals surface area contributed by atoms with Crippen LogP contribution in [0, 0.1) is 26.8 Å². The molecule has 1 aromatic heterocycles. The van der Waals surface area contributed by atoms with Gasteiger partial charge in [0.25, 0.3) is 0 Å². The topological polar surface area (TPSA) is 67.3 Å². The van der Waals surface area contributed by atoms with Gasteiger partial charge in [0, 0.05) is 42.7 Å². The molecule has 3 aromatic carbocycles. The maximum Gasteiger partial charge on any atom is 0.194 e. The fraction of sp³-hybridized carbons (Fsp3) is 0.167. The molecule has 1 N–H and O–H groups in total. The van der Waals surface area contributed by atoms with E-state index in [4.69, 9.17) is 10.1 Å². The Kier molecular flexibility index (Phi) is 7.84. The largest absolute Gasteiger partial charge is 0.512 e. The van der Waals surface area contributed by atoms with Crippen LogP contribution in [-0.4, -0.2) is 21.7 Å². The van der Waals surface area contributed by atoms with Crippen molar-refractivity contribution in [1.82, 2.24) is 4.98 Å². The number of aliphatic hydroxyl groups is 1. The van der Waals surface area contributed by atoms with E-state index in [-0.39, 0.29) is 37.4 Å². The fourth-order valence-corrected chi connectivity index (χ4v) is 4.38. The molecule has 1 aliphatic carbocycles. The molecular formula is C30H26IrNO3-. The Bertz CT molecular complexity index is 1480. The first kappa shape index (κ1) is 26.2. The van der Waals surface area contributed by atoms with Crippen molar-refractivity contribution in [2.75, 3.05) is 0 Å². The van der Waals surface area contributed by atoms with E-state index >= 15 is 0 Å². The summed E-state index contributed by atoms with van der Waals surface area (Å²) in [6.45, 7) is 9.05. The van der Waals surface area contributed by atoms with Gasteiger partial charge in [-0.05, 0) is 43.7 Å². The third-order valence-corrected chi connectivity index (χ3v) is 5.62. The maximum atomic E-state index is 13.0. The van der Waals surface area contributed by atoms with Crippen LogP contribution in [0.4, 0.5) is 0 Å². The molecular weight excluding hydrogens is 615 g/mol. The van der Waals surface area contributed by atoms with Crippen LogP contribution >= 0.6 is 0 Å². The molecule has 0 spiro atoms. The first-order chi connectivity index (χ1) is 16.1. The summed E-state index contributed by atoms with van der Waals surface area (Å²) in [5.41, 5.74) is 9.75. The molecule has 0 atom stereocenters. The molecule has 0 fully saturated rings. The van der Waals surface area contributed by atoms with Crippen LogP contribution in [0.25, 0.3) is 33.3 Å². The smallest absolute Gasteiger partial charge is 0.194 e. The molecule has 0 saturated carbocycles. The second-order valence-corrected chi connectivity index (χ2v) is 8.78. The zero-order valence-electron chi connectivity index (χ0n) is 20.3. The van der Waals surface area contributed by atoms with Gasteiger partial charge in [0.15, 0.2) is 11.6 Å². The second-order valence-electron chi connectivity index (χ2n) is 8.78. The minimum absolute atomic E-state index is 0. The molecule has 0 unspecified atom stereocenters. The number of hydrogen-bond donors (Lipinski definition) is 1. The number of nitrogens with zero attached hydrogens (tertiary/aromatic N) is 1. The predicted molar refractivity (Wildman–Crippen MR) is 136 cm³/mol. The van der Waals surface area contributed by atoms with Crippen LogP contribution in [0.5, 0.6) is 0 Å². The average Bonchev–Trinajstić information content (AvgIpc) is 2.75. The summed E-state index contributed by atoms with van der Waals surface area (Å²) in [5.74, 6) is 0.0168. The number of fused-ring (bicyclic) bond motifs is 2. The fourth-order valence-electron chi connectivity index (χ4n) is 4.38. The van der Waals surface area contributed by atoms with E-state index in [2.05, 4.69) is 51.1 Å². The number of benzene rings is 3. The Balaban J connectivity index is 0.000000378. The van der Waals surface area contributed by atoms with E-state index in [1.54, 1.807) is 0 Å².